The van der Waals surface area contributed by atoms with Gasteiger partial charge < -0.3 is 10.2 Å². The Balaban J connectivity index is 0.000000199. The van der Waals surface area contributed by atoms with Gasteiger partial charge in [0.15, 0.2) is 0 Å². The van der Waals surface area contributed by atoms with Crippen LogP contribution in [0, 0.1) is 11.8 Å². The molecule has 0 heterocycles. The topological polar surface area (TPSA) is 40.5 Å². The van der Waals surface area contributed by atoms with Crippen molar-refractivity contribution in [3.63, 3.8) is 0 Å². The first kappa shape index (κ1) is 15.2. The van der Waals surface area contributed by atoms with Crippen LogP contribution in [0.15, 0.2) is 30.3 Å². The van der Waals surface area contributed by atoms with E-state index >= 15 is 0 Å². The van der Waals surface area contributed by atoms with Crippen LogP contribution >= 0.6 is 0 Å². The van der Waals surface area contributed by atoms with E-state index in [4.69, 9.17) is 10.2 Å². The highest BCUT2D eigenvalue weighted by Crippen LogP contribution is 2.23. The monoisotopic (exact) mass is 250 g/mol. The van der Waals surface area contributed by atoms with Crippen molar-refractivity contribution < 1.29 is 10.2 Å². The summed E-state index contributed by atoms with van der Waals surface area (Å²) >= 11 is 0. The van der Waals surface area contributed by atoms with Crippen molar-refractivity contribution in [2.24, 2.45) is 11.8 Å². The molecule has 0 amide bonds. The highest BCUT2D eigenvalue weighted by molar-refractivity contribution is 5.14. The van der Waals surface area contributed by atoms with Crippen molar-refractivity contribution in [1.82, 2.24) is 0 Å². The lowest BCUT2D eigenvalue weighted by Crippen LogP contribution is -2.07. The number of benzene rings is 1. The van der Waals surface area contributed by atoms with Crippen LogP contribution in [0.5, 0.6) is 0 Å². The number of rotatable bonds is 3. The van der Waals surface area contributed by atoms with Crippen LogP contribution in [0.2, 0.25) is 0 Å². The maximum Gasteiger partial charge on any atom is 0.0565 e. The molecule has 2 heteroatoms. The molecular weight excluding hydrogens is 224 g/mol. The summed E-state index contributed by atoms with van der Waals surface area (Å²) in [4.78, 5) is 0. The molecule has 1 aliphatic rings. The summed E-state index contributed by atoms with van der Waals surface area (Å²) in [6, 6.07) is 10.2. The van der Waals surface area contributed by atoms with Crippen molar-refractivity contribution in [3.8, 4) is 0 Å². The number of hydrogen-bond donors (Lipinski definition) is 2. The normalized spacial score (nSPS) is 24.2. The van der Waals surface area contributed by atoms with Crippen molar-refractivity contribution >= 4 is 0 Å². The van der Waals surface area contributed by atoms with E-state index in [1.165, 1.54) is 18.4 Å². The van der Waals surface area contributed by atoms with Gasteiger partial charge in [-0.3, -0.25) is 0 Å². The molecule has 1 fully saturated rings. The van der Waals surface area contributed by atoms with E-state index in [2.05, 4.69) is 19.1 Å². The smallest absolute Gasteiger partial charge is 0.0565 e. The molecule has 1 saturated carbocycles. The van der Waals surface area contributed by atoms with Crippen LogP contribution in [-0.2, 0) is 6.42 Å². The number of hydrogen-bond acceptors (Lipinski definition) is 2. The van der Waals surface area contributed by atoms with Crippen LogP contribution in [-0.4, -0.2) is 22.9 Å². The van der Waals surface area contributed by atoms with Gasteiger partial charge in [-0.1, -0.05) is 50.6 Å². The Kier molecular flexibility index (Phi) is 6.99. The van der Waals surface area contributed by atoms with Crippen LogP contribution in [0.1, 0.15) is 38.7 Å². The number of aliphatic hydroxyl groups excluding tert-OH is 2. The molecule has 3 atom stereocenters. The molecule has 1 aromatic carbocycles. The Labute approximate surface area is 111 Å². The summed E-state index contributed by atoms with van der Waals surface area (Å²) in [5, 5.41) is 17.8. The second-order valence-corrected chi connectivity index (χ2v) is 5.45. The van der Waals surface area contributed by atoms with E-state index in [0.717, 1.165) is 12.8 Å². The lowest BCUT2D eigenvalue weighted by Gasteiger charge is -2.06. The van der Waals surface area contributed by atoms with Gasteiger partial charge in [0.05, 0.1) is 6.10 Å². The van der Waals surface area contributed by atoms with Gasteiger partial charge in [-0.05, 0) is 36.7 Å². The quantitative estimate of drug-likeness (QED) is 0.865. The van der Waals surface area contributed by atoms with Gasteiger partial charge in [-0.25, -0.2) is 0 Å². The van der Waals surface area contributed by atoms with Crippen LogP contribution in [0.25, 0.3) is 0 Å². The van der Waals surface area contributed by atoms with Crippen molar-refractivity contribution in [3.05, 3.63) is 35.9 Å². The first-order valence-corrected chi connectivity index (χ1v) is 6.96. The highest BCUT2D eigenvalue weighted by Gasteiger charge is 2.19. The fraction of sp³-hybridized carbons (Fsp3) is 0.625. The summed E-state index contributed by atoms with van der Waals surface area (Å²) < 4.78 is 0. The maximum atomic E-state index is 9.00. The molecular formula is C16H26O2. The molecule has 2 nitrogen and oxygen atoms in total. The van der Waals surface area contributed by atoms with E-state index < -0.39 is 0 Å². The van der Waals surface area contributed by atoms with Crippen LogP contribution in [0.3, 0.4) is 0 Å². The van der Waals surface area contributed by atoms with E-state index in [1.807, 2.05) is 25.1 Å². The molecule has 0 unspecified atom stereocenters. The largest absolute Gasteiger partial charge is 0.396 e. The van der Waals surface area contributed by atoms with Gasteiger partial charge >= 0.3 is 0 Å². The highest BCUT2D eigenvalue weighted by atomic mass is 16.3. The van der Waals surface area contributed by atoms with E-state index in [1.54, 1.807) is 0 Å². The molecule has 1 aromatic rings. The second kappa shape index (κ2) is 8.28. The zero-order valence-electron chi connectivity index (χ0n) is 11.5. The maximum absolute atomic E-state index is 9.00. The minimum absolute atomic E-state index is 0.0139. The first-order valence-electron chi connectivity index (χ1n) is 6.96. The zero-order chi connectivity index (χ0) is 13.4. The fourth-order valence-electron chi connectivity index (χ4n) is 2.21. The molecule has 102 valence electrons. The summed E-state index contributed by atoms with van der Waals surface area (Å²) in [6.07, 6.45) is 4.46. The molecule has 2 N–H and O–H groups in total. The Morgan fingerprint density at radius 2 is 1.89 bits per heavy atom. The third-order valence-corrected chi connectivity index (χ3v) is 3.55. The molecule has 2 rings (SSSR count). The van der Waals surface area contributed by atoms with E-state index in [9.17, 15) is 0 Å². The van der Waals surface area contributed by atoms with Gasteiger partial charge in [0.1, 0.15) is 0 Å². The fourth-order valence-corrected chi connectivity index (χ4v) is 2.21. The average Bonchev–Trinajstić information content (AvgIpc) is 2.76. The lowest BCUT2D eigenvalue weighted by molar-refractivity contribution is 0.141. The van der Waals surface area contributed by atoms with Gasteiger partial charge in [-0.2, -0.15) is 0 Å². The first-order chi connectivity index (χ1) is 8.63. The summed E-state index contributed by atoms with van der Waals surface area (Å²) in [7, 11) is 0. The third-order valence-electron chi connectivity index (χ3n) is 3.55. The number of aliphatic hydroxyl groups is 2. The SMILES string of the molecule is C[C@@H]1CCC[C@H]1O.C[C@H](CO)Cc1ccccc1. The average molecular weight is 250 g/mol. The van der Waals surface area contributed by atoms with Gasteiger partial charge in [0.25, 0.3) is 0 Å². The summed E-state index contributed by atoms with van der Waals surface area (Å²) in [5.41, 5.74) is 1.30. The minimum Gasteiger partial charge on any atom is -0.396 e. The molecule has 0 radical (unpaired) electrons. The predicted octanol–water partition coefficient (Wildman–Crippen LogP) is 3.02. The Hall–Kier alpha value is -0.860. The van der Waals surface area contributed by atoms with Crippen molar-refractivity contribution in [2.45, 2.75) is 45.6 Å². The minimum atomic E-state index is 0.0139. The zero-order valence-corrected chi connectivity index (χ0v) is 11.5. The predicted molar refractivity (Wildman–Crippen MR) is 75.4 cm³/mol. The van der Waals surface area contributed by atoms with E-state index in [-0.39, 0.29) is 12.7 Å². The third kappa shape index (κ3) is 5.65. The summed E-state index contributed by atoms with van der Waals surface area (Å²) in [5.74, 6) is 0.942. The Morgan fingerprint density at radius 1 is 1.22 bits per heavy atom. The van der Waals surface area contributed by atoms with Gasteiger partial charge in [0, 0.05) is 6.61 Å². The molecule has 0 saturated heterocycles. The summed E-state index contributed by atoms with van der Waals surface area (Å²) in [6.45, 7) is 4.43. The Morgan fingerprint density at radius 3 is 2.28 bits per heavy atom. The van der Waals surface area contributed by atoms with E-state index in [0.29, 0.717) is 11.8 Å². The molecule has 1 aliphatic carbocycles. The van der Waals surface area contributed by atoms with Crippen LogP contribution in [0.4, 0.5) is 0 Å². The molecule has 18 heavy (non-hydrogen) atoms. The standard InChI is InChI=1S/C10H14O.C6H12O/c1-9(8-11)7-10-5-3-2-4-6-10;1-5-3-2-4-6(5)7/h2-6,9,11H,7-8H2,1H3;5-7H,2-4H2,1H3/t9-;5-,6-/m01/s1. The lowest BCUT2D eigenvalue weighted by atomic mass is 10.0. The van der Waals surface area contributed by atoms with Gasteiger partial charge in [0.2, 0.25) is 0 Å². The molecule has 0 aliphatic heterocycles. The molecule has 0 bridgehead atoms. The van der Waals surface area contributed by atoms with Crippen LogP contribution < -0.4 is 0 Å². The van der Waals surface area contributed by atoms with Crippen molar-refractivity contribution in [1.29, 1.82) is 0 Å². The molecule has 0 spiro atoms. The second-order valence-electron chi connectivity index (χ2n) is 5.45. The molecule has 0 aromatic heterocycles. The van der Waals surface area contributed by atoms with Crippen molar-refractivity contribution in [2.75, 3.05) is 6.61 Å². The van der Waals surface area contributed by atoms with Gasteiger partial charge in [-0.15, -0.1) is 0 Å². The Bertz CT molecular complexity index is 302.